The molecular weight excluding hydrogens is 378 g/mol. The predicted molar refractivity (Wildman–Crippen MR) is 116 cm³/mol. The summed E-state index contributed by atoms with van der Waals surface area (Å²) in [6, 6.07) is 12.8. The Kier molecular flexibility index (Phi) is 6.56. The molecule has 0 spiro atoms. The number of methoxy groups -OCH3 is 1. The first-order chi connectivity index (χ1) is 12.7. The quantitative estimate of drug-likeness (QED) is 0.800. The van der Waals surface area contributed by atoms with Gasteiger partial charge in [0, 0.05) is 42.0 Å². The summed E-state index contributed by atoms with van der Waals surface area (Å²) in [5, 5.41) is 3.76. The van der Waals surface area contributed by atoms with Crippen molar-refractivity contribution in [2.45, 2.75) is 36.1 Å². The first-order valence-electron chi connectivity index (χ1n) is 9.39. The summed E-state index contributed by atoms with van der Waals surface area (Å²) in [6.45, 7) is 5.25. The van der Waals surface area contributed by atoms with Gasteiger partial charge in [0.1, 0.15) is 0 Å². The molecule has 1 fully saturated rings. The van der Waals surface area contributed by atoms with Crippen molar-refractivity contribution in [3.05, 3.63) is 48.2 Å². The largest absolute Gasteiger partial charge is 0.493 e. The fourth-order valence-corrected chi connectivity index (χ4v) is 5.44. The lowest BCUT2D eigenvalue weighted by Crippen LogP contribution is -2.59. The number of hydrogen-bond donors (Lipinski definition) is 1. The van der Waals surface area contributed by atoms with Gasteiger partial charge in [-0.05, 0) is 49.4 Å². The van der Waals surface area contributed by atoms with Crippen molar-refractivity contribution < 1.29 is 4.74 Å². The molecule has 6 heteroatoms. The van der Waals surface area contributed by atoms with Crippen molar-refractivity contribution in [1.29, 1.82) is 0 Å². The summed E-state index contributed by atoms with van der Waals surface area (Å²) in [4.78, 5) is 8.42. The zero-order valence-electron chi connectivity index (χ0n) is 16.0. The highest BCUT2D eigenvalue weighted by molar-refractivity contribution is 7.99. The van der Waals surface area contributed by atoms with E-state index in [2.05, 4.69) is 46.4 Å². The minimum absolute atomic E-state index is 0. The van der Waals surface area contributed by atoms with E-state index in [4.69, 9.17) is 4.74 Å². The molecule has 0 amide bonds. The zero-order valence-corrected chi connectivity index (χ0v) is 17.6. The van der Waals surface area contributed by atoms with E-state index in [0.29, 0.717) is 5.92 Å². The van der Waals surface area contributed by atoms with Crippen molar-refractivity contribution in [3.63, 3.8) is 0 Å². The van der Waals surface area contributed by atoms with Gasteiger partial charge in [-0.2, -0.15) is 0 Å². The van der Waals surface area contributed by atoms with Crippen molar-refractivity contribution in [2.24, 2.45) is 0 Å². The monoisotopic (exact) mass is 405 g/mol. The van der Waals surface area contributed by atoms with Crippen LogP contribution in [0.15, 0.2) is 47.5 Å². The van der Waals surface area contributed by atoms with Gasteiger partial charge in [-0.3, -0.25) is 0 Å². The van der Waals surface area contributed by atoms with Crippen LogP contribution in [-0.4, -0.2) is 43.0 Å². The second-order valence-corrected chi connectivity index (χ2v) is 8.58. The highest BCUT2D eigenvalue weighted by atomic mass is 35.5. The number of nitrogens with zero attached hydrogens (tertiary/aromatic N) is 2. The van der Waals surface area contributed by atoms with Crippen LogP contribution in [0.2, 0.25) is 0 Å². The number of rotatable bonds is 5. The number of piperazine rings is 1. The molecule has 2 atom stereocenters. The molecule has 2 aliphatic rings. The Hall–Kier alpha value is -1.43. The number of anilines is 1. The van der Waals surface area contributed by atoms with Gasteiger partial charge >= 0.3 is 0 Å². The summed E-state index contributed by atoms with van der Waals surface area (Å²) in [5.41, 5.74) is 1.64. The van der Waals surface area contributed by atoms with E-state index < -0.39 is 0 Å². The molecule has 27 heavy (non-hydrogen) atoms. The lowest BCUT2D eigenvalue weighted by Gasteiger charge is -2.42. The van der Waals surface area contributed by atoms with Crippen molar-refractivity contribution in [2.75, 3.05) is 37.4 Å². The standard InChI is InChI=1S/C21H27N3OS.ClH/c1-21(10-9-16-14-26-19-8-4-3-6-17(16)19)15-24(13-12-23-21)20-18(25-2)7-5-11-22-20;/h3-8,11,16,23H,9-10,12-15H2,1-2H3;1H. The number of hydrogen-bond acceptors (Lipinski definition) is 5. The maximum atomic E-state index is 5.52. The Morgan fingerprint density at radius 3 is 3.00 bits per heavy atom. The molecule has 3 heterocycles. The molecule has 0 radical (unpaired) electrons. The first kappa shape index (κ1) is 20.3. The molecule has 1 saturated heterocycles. The van der Waals surface area contributed by atoms with Crippen LogP contribution in [0.4, 0.5) is 5.82 Å². The molecule has 1 aromatic heterocycles. The van der Waals surface area contributed by atoms with E-state index in [1.165, 1.54) is 17.1 Å². The molecule has 0 aliphatic carbocycles. The molecule has 4 rings (SSSR count). The third kappa shape index (κ3) is 4.36. The number of ether oxygens (including phenoxy) is 1. The lowest BCUT2D eigenvalue weighted by molar-refractivity contribution is 0.289. The molecule has 0 saturated carbocycles. The molecule has 2 aromatic rings. The van der Waals surface area contributed by atoms with Gasteiger partial charge in [-0.25, -0.2) is 4.98 Å². The lowest BCUT2D eigenvalue weighted by atomic mass is 9.87. The summed E-state index contributed by atoms with van der Waals surface area (Å²) in [5.74, 6) is 3.71. The van der Waals surface area contributed by atoms with E-state index in [9.17, 15) is 0 Å². The number of benzene rings is 1. The van der Waals surface area contributed by atoms with Crippen LogP contribution in [-0.2, 0) is 0 Å². The van der Waals surface area contributed by atoms with Crippen LogP contribution in [0, 0.1) is 0 Å². The topological polar surface area (TPSA) is 37.4 Å². The average molecular weight is 406 g/mol. The van der Waals surface area contributed by atoms with Gasteiger partial charge in [0.2, 0.25) is 0 Å². The van der Waals surface area contributed by atoms with Crippen molar-refractivity contribution in [3.8, 4) is 5.75 Å². The van der Waals surface area contributed by atoms with Crippen LogP contribution in [0.1, 0.15) is 31.2 Å². The Labute approximate surface area is 172 Å². The highest BCUT2D eigenvalue weighted by Crippen LogP contribution is 2.42. The molecule has 1 N–H and O–H groups in total. The van der Waals surface area contributed by atoms with Crippen LogP contribution in [0.25, 0.3) is 0 Å². The van der Waals surface area contributed by atoms with Gasteiger partial charge in [0.05, 0.1) is 7.11 Å². The van der Waals surface area contributed by atoms with E-state index in [1.54, 1.807) is 12.7 Å². The number of halogens is 1. The molecule has 1 aromatic carbocycles. The van der Waals surface area contributed by atoms with Crippen molar-refractivity contribution in [1.82, 2.24) is 10.3 Å². The molecule has 146 valence electrons. The third-order valence-electron chi connectivity index (χ3n) is 5.59. The molecule has 2 unspecified atom stereocenters. The third-order valence-corrected chi connectivity index (χ3v) is 6.84. The normalized spacial score (nSPS) is 24.2. The Morgan fingerprint density at radius 1 is 1.30 bits per heavy atom. The molecule has 2 aliphatic heterocycles. The van der Waals surface area contributed by atoms with Crippen LogP contribution < -0.4 is 15.0 Å². The fraction of sp³-hybridized carbons (Fsp3) is 0.476. The number of thioether (sulfide) groups is 1. The number of aromatic nitrogens is 1. The van der Waals surface area contributed by atoms with Gasteiger partial charge in [-0.15, -0.1) is 24.2 Å². The van der Waals surface area contributed by atoms with Gasteiger partial charge in [0.15, 0.2) is 11.6 Å². The second kappa shape index (κ2) is 8.72. The molecular formula is C21H28ClN3OS. The van der Waals surface area contributed by atoms with Gasteiger partial charge in [-0.1, -0.05) is 18.2 Å². The van der Waals surface area contributed by atoms with E-state index in [-0.39, 0.29) is 17.9 Å². The zero-order chi connectivity index (χ0) is 18.0. The Balaban J connectivity index is 0.00000210. The maximum absolute atomic E-state index is 5.52. The van der Waals surface area contributed by atoms with E-state index >= 15 is 0 Å². The van der Waals surface area contributed by atoms with Crippen LogP contribution in [0.3, 0.4) is 0 Å². The predicted octanol–water partition coefficient (Wildman–Crippen LogP) is 4.35. The van der Waals surface area contributed by atoms with Crippen LogP contribution in [0.5, 0.6) is 5.75 Å². The smallest absolute Gasteiger partial charge is 0.171 e. The van der Waals surface area contributed by atoms with Gasteiger partial charge in [0.25, 0.3) is 0 Å². The fourth-order valence-electron chi connectivity index (χ4n) is 4.14. The SMILES string of the molecule is COc1cccnc1N1CCNC(C)(CCC2CSc3ccccc32)C1.Cl. The summed E-state index contributed by atoms with van der Waals surface area (Å²) >= 11 is 2.01. The van der Waals surface area contributed by atoms with E-state index in [0.717, 1.165) is 37.6 Å². The minimum Gasteiger partial charge on any atom is -0.493 e. The first-order valence-corrected chi connectivity index (χ1v) is 10.4. The number of nitrogens with one attached hydrogen (secondary N) is 1. The average Bonchev–Trinajstić information content (AvgIpc) is 3.10. The Morgan fingerprint density at radius 2 is 2.15 bits per heavy atom. The Bertz CT molecular complexity index is 775. The summed E-state index contributed by atoms with van der Waals surface area (Å²) in [6.07, 6.45) is 4.24. The number of pyridine rings is 1. The maximum Gasteiger partial charge on any atom is 0.171 e. The second-order valence-electron chi connectivity index (χ2n) is 7.52. The van der Waals surface area contributed by atoms with Gasteiger partial charge < -0.3 is 15.0 Å². The van der Waals surface area contributed by atoms with E-state index in [1.807, 2.05) is 30.1 Å². The number of fused-ring (bicyclic) bond motifs is 1. The molecule has 4 nitrogen and oxygen atoms in total. The summed E-state index contributed by atoms with van der Waals surface area (Å²) in [7, 11) is 1.72. The van der Waals surface area contributed by atoms with Crippen molar-refractivity contribution >= 4 is 30.0 Å². The highest BCUT2D eigenvalue weighted by Gasteiger charge is 2.33. The van der Waals surface area contributed by atoms with Crippen LogP contribution >= 0.6 is 24.2 Å². The minimum atomic E-state index is 0. The molecule has 0 bridgehead atoms. The summed E-state index contributed by atoms with van der Waals surface area (Å²) < 4.78 is 5.52.